The van der Waals surface area contributed by atoms with Gasteiger partial charge in [0.2, 0.25) is 0 Å². The second kappa shape index (κ2) is 12.6. The molecule has 0 fully saturated rings. The topological polar surface area (TPSA) is 54.8 Å². The zero-order valence-electron chi connectivity index (χ0n) is 30.6. The minimum absolute atomic E-state index is 0.268. The van der Waals surface area contributed by atoms with Gasteiger partial charge in [-0.15, -0.1) is 11.3 Å². The molecule has 0 aliphatic carbocycles. The molecule has 0 spiro atoms. The fraction of sp³-hybridized carbons (Fsp3) is 0.0196. The fourth-order valence-corrected chi connectivity index (χ4v) is 9.73. The summed E-state index contributed by atoms with van der Waals surface area (Å²) in [7, 11) is 0. The molecule has 0 bridgehead atoms. The van der Waals surface area contributed by atoms with Crippen molar-refractivity contribution in [3.05, 3.63) is 199 Å². The van der Waals surface area contributed by atoms with E-state index < -0.39 is 0 Å². The summed E-state index contributed by atoms with van der Waals surface area (Å²) in [4.78, 5) is 10.4. The van der Waals surface area contributed by atoms with Crippen molar-refractivity contribution >= 4 is 86.9 Å². The number of benzene rings is 8. The van der Waals surface area contributed by atoms with Crippen molar-refractivity contribution in [2.24, 2.45) is 9.98 Å². The summed E-state index contributed by atoms with van der Waals surface area (Å²) in [6, 6.07) is 64.4. The molecule has 0 radical (unpaired) electrons. The molecule has 1 aliphatic rings. The third kappa shape index (κ3) is 5.08. The summed E-state index contributed by atoms with van der Waals surface area (Å²) in [5.74, 6) is 1.54. The lowest BCUT2D eigenvalue weighted by Gasteiger charge is -2.24. The Morgan fingerprint density at radius 1 is 0.544 bits per heavy atom. The van der Waals surface area contributed by atoms with Gasteiger partial charge in [-0.1, -0.05) is 127 Å². The highest BCUT2D eigenvalue weighted by Gasteiger charge is 2.24. The Morgan fingerprint density at radius 3 is 2.11 bits per heavy atom. The number of nitrogens with one attached hydrogen (secondary N) is 1. The number of thiophene rings is 1. The van der Waals surface area contributed by atoms with Crippen LogP contribution in [0, 0.1) is 0 Å². The quantitative estimate of drug-likeness (QED) is 0.191. The van der Waals surface area contributed by atoms with E-state index in [1.165, 1.54) is 25.6 Å². The zero-order valence-corrected chi connectivity index (χ0v) is 31.4. The van der Waals surface area contributed by atoms with Crippen molar-refractivity contribution in [3.8, 4) is 16.8 Å². The highest BCUT2D eigenvalue weighted by molar-refractivity contribution is 7.25. The van der Waals surface area contributed by atoms with Crippen molar-refractivity contribution in [1.29, 1.82) is 0 Å². The van der Waals surface area contributed by atoms with E-state index in [1.807, 2.05) is 41.7 Å². The van der Waals surface area contributed by atoms with E-state index in [-0.39, 0.29) is 6.17 Å². The van der Waals surface area contributed by atoms with Crippen LogP contribution in [-0.4, -0.2) is 16.2 Å². The lowest BCUT2D eigenvalue weighted by molar-refractivity contribution is 0.671. The molecule has 6 heteroatoms. The van der Waals surface area contributed by atoms with Gasteiger partial charge in [0.05, 0.1) is 11.0 Å². The van der Waals surface area contributed by atoms with Crippen molar-refractivity contribution in [2.45, 2.75) is 6.17 Å². The first-order chi connectivity index (χ1) is 28.2. The molecular formula is C51H32N4OS. The maximum absolute atomic E-state index is 6.63. The van der Waals surface area contributed by atoms with Crippen LogP contribution in [0.2, 0.25) is 0 Å². The van der Waals surface area contributed by atoms with Gasteiger partial charge in [0.1, 0.15) is 17.6 Å². The Hall–Kier alpha value is -7.28. The summed E-state index contributed by atoms with van der Waals surface area (Å²) in [5, 5.41) is 10.6. The smallest absolute Gasteiger partial charge is 0.160 e. The van der Waals surface area contributed by atoms with Gasteiger partial charge < -0.3 is 14.3 Å². The third-order valence-corrected chi connectivity index (χ3v) is 12.4. The average molecular weight is 749 g/mol. The molecule has 1 aliphatic heterocycles. The van der Waals surface area contributed by atoms with E-state index in [1.54, 1.807) is 0 Å². The minimum Gasteiger partial charge on any atom is -0.454 e. The predicted octanol–water partition coefficient (Wildman–Crippen LogP) is 13.2. The predicted molar refractivity (Wildman–Crippen MR) is 238 cm³/mol. The number of amidine groups is 2. The molecule has 1 N–H and O–H groups in total. The Labute approximate surface area is 331 Å². The molecule has 12 rings (SSSR count). The lowest BCUT2D eigenvalue weighted by Crippen LogP contribution is -2.33. The van der Waals surface area contributed by atoms with E-state index in [9.17, 15) is 0 Å². The van der Waals surface area contributed by atoms with Gasteiger partial charge >= 0.3 is 0 Å². The van der Waals surface area contributed by atoms with Gasteiger partial charge in [0, 0.05) is 58.5 Å². The van der Waals surface area contributed by atoms with Gasteiger partial charge in [0.25, 0.3) is 0 Å². The SMILES string of the molecule is c1ccc(C2=NC(c3cccc4sc5ccc(-c6ccc7c(c6)c6ccc8c9ccccc9oc8c6n7-c6ccccc6)cc5c34)=NC(c3ccccc3)N2)cc1. The Bertz CT molecular complexity index is 3430. The summed E-state index contributed by atoms with van der Waals surface area (Å²) < 4.78 is 11.4. The highest BCUT2D eigenvalue weighted by atomic mass is 32.1. The standard InChI is InChI=1S/C51H32N4OS/c1-4-13-31(14-5-1)49-52-50(32-15-6-2-7-16-32)54-51(53-49)39-20-12-22-45-46(39)41-30-34(24-28-44(41)57-45)33-23-27-42-40(29-33)37-25-26-38-36-19-10-11-21-43(36)56-48(38)47(37)55(42)35-17-8-3-9-18-35/h1-30,49H,(H,52,53,54). The molecule has 0 saturated carbocycles. The largest absolute Gasteiger partial charge is 0.454 e. The number of hydrogen-bond acceptors (Lipinski definition) is 5. The molecule has 0 saturated heterocycles. The number of furan rings is 1. The van der Waals surface area contributed by atoms with E-state index in [0.29, 0.717) is 0 Å². The van der Waals surface area contributed by atoms with E-state index in [2.05, 4.69) is 162 Å². The molecule has 5 nitrogen and oxygen atoms in total. The first-order valence-electron chi connectivity index (χ1n) is 19.2. The lowest BCUT2D eigenvalue weighted by atomic mass is 9.99. The second-order valence-electron chi connectivity index (χ2n) is 14.6. The van der Waals surface area contributed by atoms with E-state index in [0.717, 1.165) is 83.5 Å². The summed E-state index contributed by atoms with van der Waals surface area (Å²) in [5.41, 5.74) is 10.6. The Kier molecular flexibility index (Phi) is 7.09. The minimum atomic E-state index is -0.268. The first-order valence-corrected chi connectivity index (χ1v) is 20.0. The van der Waals surface area contributed by atoms with Gasteiger partial charge in [-0.05, 0) is 71.3 Å². The molecule has 57 heavy (non-hydrogen) atoms. The van der Waals surface area contributed by atoms with Crippen LogP contribution in [0.4, 0.5) is 0 Å². The molecule has 3 aromatic heterocycles. The molecular weight excluding hydrogens is 717 g/mol. The van der Waals surface area contributed by atoms with Crippen LogP contribution in [0.1, 0.15) is 22.9 Å². The molecule has 1 atom stereocenters. The summed E-state index contributed by atoms with van der Waals surface area (Å²) in [6.45, 7) is 0. The van der Waals surface area contributed by atoms with Crippen molar-refractivity contribution in [1.82, 2.24) is 9.88 Å². The van der Waals surface area contributed by atoms with Gasteiger partial charge in [-0.2, -0.15) is 0 Å². The van der Waals surface area contributed by atoms with E-state index >= 15 is 0 Å². The number of hydrogen-bond donors (Lipinski definition) is 1. The van der Waals surface area contributed by atoms with Crippen molar-refractivity contribution < 1.29 is 4.42 Å². The molecule has 268 valence electrons. The van der Waals surface area contributed by atoms with Crippen LogP contribution in [0.25, 0.3) is 80.7 Å². The number of aliphatic imine (C=N–C) groups is 2. The number of fused-ring (bicyclic) bond motifs is 10. The van der Waals surface area contributed by atoms with Crippen molar-refractivity contribution in [3.63, 3.8) is 0 Å². The van der Waals surface area contributed by atoms with Gasteiger partial charge in [0.15, 0.2) is 11.4 Å². The molecule has 1 unspecified atom stereocenters. The first kappa shape index (κ1) is 32.0. The number of rotatable bonds is 5. The molecule has 0 amide bonds. The molecule has 4 heterocycles. The maximum atomic E-state index is 6.63. The monoisotopic (exact) mass is 748 g/mol. The van der Waals surface area contributed by atoms with Gasteiger partial charge in [-0.25, -0.2) is 9.98 Å². The molecule has 8 aromatic carbocycles. The average Bonchev–Trinajstić information content (AvgIpc) is 3.96. The van der Waals surface area contributed by atoms with Crippen LogP contribution >= 0.6 is 11.3 Å². The number of aromatic nitrogens is 1. The third-order valence-electron chi connectivity index (χ3n) is 11.3. The van der Waals surface area contributed by atoms with Gasteiger partial charge in [-0.3, -0.25) is 0 Å². The Balaban J connectivity index is 1.05. The Morgan fingerprint density at radius 2 is 1.26 bits per heavy atom. The van der Waals surface area contributed by atoms with Crippen molar-refractivity contribution in [2.75, 3.05) is 0 Å². The van der Waals surface area contributed by atoms with Crippen LogP contribution in [0.5, 0.6) is 0 Å². The summed E-state index contributed by atoms with van der Waals surface area (Å²) in [6.07, 6.45) is -0.268. The highest BCUT2D eigenvalue weighted by Crippen LogP contribution is 2.43. The summed E-state index contributed by atoms with van der Waals surface area (Å²) >= 11 is 1.81. The van der Waals surface area contributed by atoms with E-state index in [4.69, 9.17) is 14.4 Å². The zero-order chi connectivity index (χ0) is 37.5. The molecule has 11 aromatic rings. The second-order valence-corrected chi connectivity index (χ2v) is 15.7. The number of para-hydroxylation sites is 2. The van der Waals surface area contributed by atoms with Crippen LogP contribution in [0.15, 0.2) is 196 Å². The maximum Gasteiger partial charge on any atom is 0.160 e. The van der Waals surface area contributed by atoms with Crippen LogP contribution < -0.4 is 5.32 Å². The number of nitrogens with zero attached hydrogens (tertiary/aromatic N) is 3. The van der Waals surface area contributed by atoms with Crippen LogP contribution in [0.3, 0.4) is 0 Å². The normalized spacial score (nSPS) is 14.5. The van der Waals surface area contributed by atoms with Crippen LogP contribution in [-0.2, 0) is 0 Å². The fourth-order valence-electron chi connectivity index (χ4n) is 8.62.